The molecule has 0 saturated carbocycles. The van der Waals surface area contributed by atoms with Crippen molar-refractivity contribution >= 4 is 22.4 Å². The van der Waals surface area contributed by atoms with E-state index in [9.17, 15) is 13.6 Å². The number of hydrogen-bond acceptors (Lipinski definition) is 5. The summed E-state index contributed by atoms with van der Waals surface area (Å²) in [4.78, 5) is 25.0. The minimum Gasteiger partial charge on any atom is -0.298 e. The molecule has 0 atom stereocenters. The van der Waals surface area contributed by atoms with Crippen LogP contribution in [0.4, 0.5) is 13.9 Å². The number of nitrogens with one attached hydrogen (secondary N) is 1. The van der Waals surface area contributed by atoms with E-state index in [1.54, 1.807) is 5.38 Å². The Morgan fingerprint density at radius 3 is 2.39 bits per heavy atom. The highest BCUT2D eigenvalue weighted by molar-refractivity contribution is 7.14. The molecule has 5 nitrogen and oxygen atoms in total. The van der Waals surface area contributed by atoms with Gasteiger partial charge in [0.25, 0.3) is 5.91 Å². The molecular weight excluding hydrogens is 382 g/mol. The molecule has 2 heterocycles. The van der Waals surface area contributed by atoms with E-state index in [1.165, 1.54) is 29.8 Å². The Kier molecular flexibility index (Phi) is 4.86. The lowest BCUT2D eigenvalue weighted by atomic mass is 10.2. The van der Waals surface area contributed by atoms with Crippen molar-refractivity contribution in [1.82, 2.24) is 15.0 Å². The first-order valence-electron chi connectivity index (χ1n) is 8.20. The van der Waals surface area contributed by atoms with Crippen LogP contribution in [-0.4, -0.2) is 20.9 Å². The number of hydrogen-bond donors (Lipinski definition) is 1. The number of rotatable bonds is 4. The Bertz CT molecular complexity index is 1130. The Labute approximate surface area is 162 Å². The van der Waals surface area contributed by atoms with Gasteiger partial charge in [-0.1, -0.05) is 30.3 Å². The molecule has 0 radical (unpaired) electrons. The molecule has 1 N–H and O–H groups in total. The number of carbonyl (C=O) groups is 1. The minimum atomic E-state index is -0.952. The standard InChI is InChI=1S/C20H12F2N4OS/c21-15-7-6-13(8-16(15)22)17-11-28-20(25-17)26-19(27)14-9-23-18(24-10-14)12-4-2-1-3-5-12/h1-11H,(H,25,26,27). The van der Waals surface area contributed by atoms with Gasteiger partial charge in [-0.05, 0) is 18.2 Å². The van der Waals surface area contributed by atoms with Gasteiger partial charge in [-0.3, -0.25) is 10.1 Å². The number of aromatic nitrogens is 3. The molecule has 28 heavy (non-hydrogen) atoms. The summed E-state index contributed by atoms with van der Waals surface area (Å²) in [6, 6.07) is 12.9. The zero-order valence-electron chi connectivity index (χ0n) is 14.3. The summed E-state index contributed by atoms with van der Waals surface area (Å²) >= 11 is 1.18. The maximum Gasteiger partial charge on any atom is 0.260 e. The van der Waals surface area contributed by atoms with Crippen LogP contribution in [0, 0.1) is 11.6 Å². The number of amides is 1. The first-order valence-corrected chi connectivity index (χ1v) is 9.08. The van der Waals surface area contributed by atoms with E-state index in [1.807, 2.05) is 30.3 Å². The largest absolute Gasteiger partial charge is 0.298 e. The first-order chi connectivity index (χ1) is 13.6. The lowest BCUT2D eigenvalue weighted by Crippen LogP contribution is -2.12. The normalized spacial score (nSPS) is 10.6. The van der Waals surface area contributed by atoms with Crippen molar-refractivity contribution in [2.45, 2.75) is 0 Å². The molecule has 0 saturated heterocycles. The van der Waals surface area contributed by atoms with E-state index in [2.05, 4.69) is 20.3 Å². The fourth-order valence-electron chi connectivity index (χ4n) is 2.47. The Balaban J connectivity index is 1.48. The van der Waals surface area contributed by atoms with Gasteiger partial charge in [0.2, 0.25) is 0 Å². The summed E-state index contributed by atoms with van der Waals surface area (Å²) in [5.41, 5.74) is 2.00. The molecule has 2 aromatic carbocycles. The van der Waals surface area contributed by atoms with Crippen molar-refractivity contribution < 1.29 is 13.6 Å². The lowest BCUT2D eigenvalue weighted by Gasteiger charge is -2.03. The molecule has 0 aliphatic heterocycles. The number of halogens is 2. The van der Waals surface area contributed by atoms with Gasteiger partial charge in [0.15, 0.2) is 22.6 Å². The third-order valence-electron chi connectivity index (χ3n) is 3.89. The van der Waals surface area contributed by atoms with Gasteiger partial charge < -0.3 is 0 Å². The number of carbonyl (C=O) groups excluding carboxylic acids is 1. The van der Waals surface area contributed by atoms with Gasteiger partial charge in [-0.25, -0.2) is 23.7 Å². The fraction of sp³-hybridized carbons (Fsp3) is 0. The van der Waals surface area contributed by atoms with Gasteiger partial charge in [-0.2, -0.15) is 0 Å². The van der Waals surface area contributed by atoms with E-state index in [-0.39, 0.29) is 5.56 Å². The molecule has 0 bridgehead atoms. The van der Waals surface area contributed by atoms with Crippen LogP contribution >= 0.6 is 11.3 Å². The lowest BCUT2D eigenvalue weighted by molar-refractivity contribution is 0.102. The van der Waals surface area contributed by atoms with Crippen LogP contribution in [0.2, 0.25) is 0 Å². The quantitative estimate of drug-likeness (QED) is 0.540. The van der Waals surface area contributed by atoms with Gasteiger partial charge in [-0.15, -0.1) is 11.3 Å². The maximum absolute atomic E-state index is 13.4. The van der Waals surface area contributed by atoms with Crippen LogP contribution in [0.15, 0.2) is 66.3 Å². The summed E-state index contributed by atoms with van der Waals surface area (Å²) in [6.07, 6.45) is 2.88. The van der Waals surface area contributed by atoms with Crippen molar-refractivity contribution in [2.24, 2.45) is 0 Å². The third kappa shape index (κ3) is 3.77. The molecule has 4 rings (SSSR count). The SMILES string of the molecule is O=C(Nc1nc(-c2ccc(F)c(F)c2)cs1)c1cnc(-c2ccccc2)nc1. The van der Waals surface area contributed by atoms with E-state index >= 15 is 0 Å². The number of benzene rings is 2. The predicted octanol–water partition coefficient (Wildman–Crippen LogP) is 4.80. The second kappa shape index (κ2) is 7.61. The summed E-state index contributed by atoms with van der Waals surface area (Å²) in [5.74, 6) is -1.77. The molecule has 0 aliphatic carbocycles. The van der Waals surface area contributed by atoms with Gasteiger partial charge >= 0.3 is 0 Å². The monoisotopic (exact) mass is 394 g/mol. The number of nitrogens with zero attached hydrogens (tertiary/aromatic N) is 3. The maximum atomic E-state index is 13.4. The minimum absolute atomic E-state index is 0.282. The van der Waals surface area contributed by atoms with Crippen LogP contribution in [0.5, 0.6) is 0 Å². The van der Waals surface area contributed by atoms with E-state index in [0.29, 0.717) is 22.2 Å². The highest BCUT2D eigenvalue weighted by Crippen LogP contribution is 2.26. The first kappa shape index (κ1) is 17.9. The van der Waals surface area contributed by atoms with Crippen LogP contribution in [0.25, 0.3) is 22.6 Å². The van der Waals surface area contributed by atoms with Gasteiger partial charge in [0.1, 0.15) is 0 Å². The average molecular weight is 394 g/mol. The predicted molar refractivity (Wildman–Crippen MR) is 103 cm³/mol. The van der Waals surface area contributed by atoms with E-state index < -0.39 is 17.5 Å². The average Bonchev–Trinajstić information content (AvgIpc) is 3.19. The second-order valence-corrected chi connectivity index (χ2v) is 6.64. The smallest absolute Gasteiger partial charge is 0.260 e. The third-order valence-corrected chi connectivity index (χ3v) is 4.64. The molecule has 0 fully saturated rings. The number of thiazole rings is 1. The number of anilines is 1. The second-order valence-electron chi connectivity index (χ2n) is 5.78. The molecule has 0 aliphatic rings. The molecule has 0 spiro atoms. The zero-order valence-corrected chi connectivity index (χ0v) is 15.1. The molecule has 138 valence electrons. The molecule has 4 aromatic rings. The van der Waals surface area contributed by atoms with Crippen molar-refractivity contribution in [3.05, 3.63) is 83.5 Å². The van der Waals surface area contributed by atoms with Crippen molar-refractivity contribution in [1.29, 1.82) is 0 Å². The van der Waals surface area contributed by atoms with Gasteiger partial charge in [0, 0.05) is 28.9 Å². The fourth-order valence-corrected chi connectivity index (χ4v) is 3.18. The van der Waals surface area contributed by atoms with Crippen LogP contribution < -0.4 is 5.32 Å². The highest BCUT2D eigenvalue weighted by Gasteiger charge is 2.12. The Morgan fingerprint density at radius 1 is 0.929 bits per heavy atom. The summed E-state index contributed by atoms with van der Waals surface area (Å²) in [7, 11) is 0. The molecule has 8 heteroatoms. The van der Waals surface area contributed by atoms with E-state index in [0.717, 1.165) is 17.7 Å². The van der Waals surface area contributed by atoms with Gasteiger partial charge in [0.05, 0.1) is 11.3 Å². The molecule has 0 unspecified atom stereocenters. The molecule has 2 aromatic heterocycles. The summed E-state index contributed by atoms with van der Waals surface area (Å²) in [6.45, 7) is 0. The Hall–Kier alpha value is -3.52. The van der Waals surface area contributed by atoms with Crippen molar-refractivity contribution in [2.75, 3.05) is 5.32 Å². The summed E-state index contributed by atoms with van der Waals surface area (Å²) < 4.78 is 26.4. The molecule has 1 amide bonds. The van der Waals surface area contributed by atoms with Crippen molar-refractivity contribution in [3.63, 3.8) is 0 Å². The van der Waals surface area contributed by atoms with Crippen molar-refractivity contribution in [3.8, 4) is 22.6 Å². The highest BCUT2D eigenvalue weighted by atomic mass is 32.1. The van der Waals surface area contributed by atoms with Crippen LogP contribution in [-0.2, 0) is 0 Å². The topological polar surface area (TPSA) is 67.8 Å². The zero-order chi connectivity index (χ0) is 19.5. The summed E-state index contributed by atoms with van der Waals surface area (Å²) in [5, 5.41) is 4.63. The van der Waals surface area contributed by atoms with Crippen LogP contribution in [0.3, 0.4) is 0 Å². The molecular formula is C20H12F2N4OS. The van der Waals surface area contributed by atoms with Crippen LogP contribution in [0.1, 0.15) is 10.4 Å². The Morgan fingerprint density at radius 2 is 1.68 bits per heavy atom. The van der Waals surface area contributed by atoms with E-state index in [4.69, 9.17) is 0 Å².